The number of anilines is 1. The number of rotatable bonds is 6. The number of nitro groups is 1. The summed E-state index contributed by atoms with van der Waals surface area (Å²) in [5.74, 6) is -0.217. The number of benzene rings is 2. The summed E-state index contributed by atoms with van der Waals surface area (Å²) in [7, 11) is 0. The Balaban J connectivity index is 1.64. The van der Waals surface area contributed by atoms with Crippen LogP contribution in [-0.2, 0) is 4.79 Å². The van der Waals surface area contributed by atoms with Crippen molar-refractivity contribution in [1.82, 2.24) is 10.2 Å². The SMILES string of the molecule is Cc1ccc(NC(=O)CSc2nnc(-c3ccccc3[N+](=O)[O-])o2)cc1Cl. The van der Waals surface area contributed by atoms with Gasteiger partial charge in [0.2, 0.25) is 5.91 Å². The van der Waals surface area contributed by atoms with Crippen molar-refractivity contribution >= 4 is 40.6 Å². The number of carbonyl (C=O) groups excluding carboxylic acids is 1. The van der Waals surface area contributed by atoms with Crippen molar-refractivity contribution in [2.75, 3.05) is 11.1 Å². The van der Waals surface area contributed by atoms with Crippen LogP contribution in [0.4, 0.5) is 11.4 Å². The van der Waals surface area contributed by atoms with Crippen LogP contribution in [-0.4, -0.2) is 26.8 Å². The third kappa shape index (κ3) is 4.63. The summed E-state index contributed by atoms with van der Waals surface area (Å²) in [6.07, 6.45) is 0. The first-order valence-electron chi connectivity index (χ1n) is 7.70. The van der Waals surface area contributed by atoms with Gasteiger partial charge >= 0.3 is 0 Å². The fraction of sp³-hybridized carbons (Fsp3) is 0.118. The lowest BCUT2D eigenvalue weighted by Crippen LogP contribution is -2.14. The second kappa shape index (κ2) is 8.19. The molecule has 0 fully saturated rings. The molecule has 8 nitrogen and oxygen atoms in total. The summed E-state index contributed by atoms with van der Waals surface area (Å²) in [5.41, 5.74) is 1.59. The Labute approximate surface area is 163 Å². The van der Waals surface area contributed by atoms with Gasteiger partial charge in [-0.25, -0.2) is 0 Å². The van der Waals surface area contributed by atoms with E-state index in [0.717, 1.165) is 17.3 Å². The molecule has 3 aromatic rings. The molecule has 0 saturated carbocycles. The van der Waals surface area contributed by atoms with Gasteiger partial charge in [-0.1, -0.05) is 41.6 Å². The summed E-state index contributed by atoms with van der Waals surface area (Å²) in [6.45, 7) is 1.87. The first kappa shape index (κ1) is 18.9. The van der Waals surface area contributed by atoms with Crippen LogP contribution >= 0.6 is 23.4 Å². The normalized spacial score (nSPS) is 10.6. The van der Waals surface area contributed by atoms with Crippen molar-refractivity contribution in [3.8, 4) is 11.5 Å². The maximum absolute atomic E-state index is 12.0. The van der Waals surface area contributed by atoms with Gasteiger partial charge in [0.15, 0.2) is 0 Å². The summed E-state index contributed by atoms with van der Waals surface area (Å²) in [5, 5.41) is 22.1. The molecule has 27 heavy (non-hydrogen) atoms. The first-order valence-corrected chi connectivity index (χ1v) is 9.06. The predicted molar refractivity (Wildman–Crippen MR) is 102 cm³/mol. The molecule has 0 aliphatic rings. The maximum Gasteiger partial charge on any atom is 0.282 e. The molecular weight excluding hydrogens is 392 g/mol. The molecule has 10 heteroatoms. The lowest BCUT2D eigenvalue weighted by Gasteiger charge is -2.05. The van der Waals surface area contributed by atoms with Gasteiger partial charge in [0.1, 0.15) is 5.56 Å². The molecule has 2 aromatic carbocycles. The number of thioether (sulfide) groups is 1. The summed E-state index contributed by atoms with van der Waals surface area (Å²) in [4.78, 5) is 22.6. The number of nitrogens with zero attached hydrogens (tertiary/aromatic N) is 3. The second-order valence-electron chi connectivity index (χ2n) is 5.45. The zero-order chi connectivity index (χ0) is 19.4. The summed E-state index contributed by atoms with van der Waals surface area (Å²) >= 11 is 7.06. The standard InChI is InChI=1S/C17H13ClN4O4S/c1-10-6-7-11(8-13(10)18)19-15(23)9-27-17-21-20-16(26-17)12-4-2-3-5-14(12)22(24)25/h2-8H,9H2,1H3,(H,19,23). The highest BCUT2D eigenvalue weighted by atomic mass is 35.5. The number of hydrogen-bond acceptors (Lipinski definition) is 7. The number of carbonyl (C=O) groups is 1. The lowest BCUT2D eigenvalue weighted by molar-refractivity contribution is -0.384. The average molecular weight is 405 g/mol. The van der Waals surface area contributed by atoms with Gasteiger partial charge in [0.05, 0.1) is 10.7 Å². The quantitative estimate of drug-likeness (QED) is 0.369. The number of hydrogen-bond donors (Lipinski definition) is 1. The van der Waals surface area contributed by atoms with E-state index in [4.69, 9.17) is 16.0 Å². The van der Waals surface area contributed by atoms with Gasteiger partial charge in [0, 0.05) is 16.8 Å². The predicted octanol–water partition coefficient (Wildman–Crippen LogP) is 4.34. The fourth-order valence-electron chi connectivity index (χ4n) is 2.19. The molecule has 0 aliphatic heterocycles. The number of amides is 1. The topological polar surface area (TPSA) is 111 Å². The largest absolute Gasteiger partial charge is 0.411 e. The number of nitrogens with one attached hydrogen (secondary N) is 1. The zero-order valence-corrected chi connectivity index (χ0v) is 15.6. The molecule has 138 valence electrons. The van der Waals surface area contributed by atoms with Crippen molar-refractivity contribution in [3.05, 3.63) is 63.2 Å². The van der Waals surface area contributed by atoms with Gasteiger partial charge in [-0.05, 0) is 30.7 Å². The van der Waals surface area contributed by atoms with E-state index in [9.17, 15) is 14.9 Å². The van der Waals surface area contributed by atoms with Crippen molar-refractivity contribution in [2.45, 2.75) is 12.1 Å². The minimum atomic E-state index is -0.521. The van der Waals surface area contributed by atoms with E-state index in [0.29, 0.717) is 10.7 Å². The van der Waals surface area contributed by atoms with Crippen molar-refractivity contribution in [1.29, 1.82) is 0 Å². The molecule has 3 rings (SSSR count). The van der Waals surface area contributed by atoms with E-state index in [1.165, 1.54) is 12.1 Å². The van der Waals surface area contributed by atoms with Crippen LogP contribution in [0.25, 0.3) is 11.5 Å². The lowest BCUT2D eigenvalue weighted by atomic mass is 10.2. The Morgan fingerprint density at radius 2 is 2.07 bits per heavy atom. The molecule has 0 bridgehead atoms. The van der Waals surface area contributed by atoms with E-state index < -0.39 is 4.92 Å². The van der Waals surface area contributed by atoms with Crippen LogP contribution in [0.5, 0.6) is 0 Å². The van der Waals surface area contributed by atoms with Crippen LogP contribution in [0, 0.1) is 17.0 Å². The minimum absolute atomic E-state index is 0.0236. The third-order valence-electron chi connectivity index (χ3n) is 3.52. The van der Waals surface area contributed by atoms with E-state index in [1.54, 1.807) is 24.3 Å². The van der Waals surface area contributed by atoms with Crippen molar-refractivity contribution in [3.63, 3.8) is 0 Å². The number of aryl methyl sites for hydroxylation is 1. The monoisotopic (exact) mass is 404 g/mol. The van der Waals surface area contributed by atoms with Gasteiger partial charge in [-0.2, -0.15) is 0 Å². The molecule has 0 aliphatic carbocycles. The smallest absolute Gasteiger partial charge is 0.282 e. The Kier molecular flexibility index (Phi) is 5.72. The number of para-hydroxylation sites is 1. The van der Waals surface area contributed by atoms with E-state index in [2.05, 4.69) is 15.5 Å². The number of nitro benzene ring substituents is 1. The van der Waals surface area contributed by atoms with E-state index in [-0.39, 0.29) is 34.0 Å². The van der Waals surface area contributed by atoms with Crippen LogP contribution in [0.1, 0.15) is 5.56 Å². The Morgan fingerprint density at radius 1 is 1.30 bits per heavy atom. The van der Waals surface area contributed by atoms with Gasteiger partial charge < -0.3 is 9.73 Å². The molecular formula is C17H13ClN4O4S. The maximum atomic E-state index is 12.0. The van der Waals surface area contributed by atoms with E-state index in [1.807, 2.05) is 13.0 Å². The second-order valence-corrected chi connectivity index (χ2v) is 6.78. The summed E-state index contributed by atoms with van der Waals surface area (Å²) < 4.78 is 5.43. The Morgan fingerprint density at radius 3 is 2.81 bits per heavy atom. The zero-order valence-electron chi connectivity index (χ0n) is 14.0. The molecule has 1 amide bonds. The Hall–Kier alpha value is -2.91. The highest BCUT2D eigenvalue weighted by Gasteiger charge is 2.20. The first-order chi connectivity index (χ1) is 12.9. The molecule has 0 unspecified atom stereocenters. The summed E-state index contributed by atoms with van der Waals surface area (Å²) in [6, 6.07) is 11.3. The van der Waals surface area contributed by atoms with Gasteiger partial charge in [-0.15, -0.1) is 10.2 Å². The van der Waals surface area contributed by atoms with Gasteiger partial charge in [0.25, 0.3) is 16.8 Å². The average Bonchev–Trinajstić information content (AvgIpc) is 3.12. The molecule has 0 spiro atoms. The van der Waals surface area contributed by atoms with Crippen LogP contribution in [0.2, 0.25) is 5.02 Å². The molecule has 1 N–H and O–H groups in total. The van der Waals surface area contributed by atoms with E-state index >= 15 is 0 Å². The molecule has 1 heterocycles. The minimum Gasteiger partial charge on any atom is -0.411 e. The third-order valence-corrected chi connectivity index (χ3v) is 4.75. The van der Waals surface area contributed by atoms with Crippen molar-refractivity contribution in [2.24, 2.45) is 0 Å². The molecule has 1 aromatic heterocycles. The highest BCUT2D eigenvalue weighted by Crippen LogP contribution is 2.30. The number of halogens is 1. The molecule has 0 saturated heterocycles. The van der Waals surface area contributed by atoms with Crippen LogP contribution < -0.4 is 5.32 Å². The van der Waals surface area contributed by atoms with Gasteiger partial charge in [-0.3, -0.25) is 14.9 Å². The fourth-order valence-corrected chi connectivity index (χ4v) is 2.93. The molecule has 0 atom stereocenters. The van der Waals surface area contributed by atoms with Crippen molar-refractivity contribution < 1.29 is 14.1 Å². The van der Waals surface area contributed by atoms with Crippen LogP contribution in [0.15, 0.2) is 52.1 Å². The van der Waals surface area contributed by atoms with Crippen LogP contribution in [0.3, 0.4) is 0 Å². The highest BCUT2D eigenvalue weighted by molar-refractivity contribution is 7.99. The number of aromatic nitrogens is 2. The Bertz CT molecular complexity index is 1010. The molecule has 0 radical (unpaired) electrons.